The van der Waals surface area contributed by atoms with Gasteiger partial charge in [-0.3, -0.25) is 5.43 Å². The fraction of sp³-hybridized carbons (Fsp3) is 0.118. The highest BCUT2D eigenvalue weighted by molar-refractivity contribution is 5.98. The second-order valence-electron chi connectivity index (χ2n) is 4.18. The fourth-order valence-corrected chi connectivity index (χ4v) is 1.64. The first-order valence-corrected chi connectivity index (χ1v) is 6.49. The minimum atomic E-state index is 0.892. The van der Waals surface area contributed by atoms with E-state index in [2.05, 4.69) is 35.7 Å². The van der Waals surface area contributed by atoms with Crippen LogP contribution in [0, 0.1) is 0 Å². The Morgan fingerprint density at radius 2 is 1.63 bits per heavy atom. The van der Waals surface area contributed by atoms with E-state index in [9.17, 15) is 0 Å². The molecule has 0 aliphatic heterocycles. The summed E-state index contributed by atoms with van der Waals surface area (Å²) < 4.78 is 0. The molecule has 2 aromatic rings. The van der Waals surface area contributed by atoms with Crippen LogP contribution in [0.1, 0.15) is 18.9 Å². The highest BCUT2D eigenvalue weighted by Gasteiger charge is 1.92. The Balaban J connectivity index is 2.02. The average Bonchev–Trinajstić information content (AvgIpc) is 2.49. The van der Waals surface area contributed by atoms with E-state index in [0.717, 1.165) is 17.8 Å². The molecule has 2 aromatic carbocycles. The summed E-state index contributed by atoms with van der Waals surface area (Å²) in [7, 11) is 0. The molecule has 0 radical (unpaired) electrons. The van der Waals surface area contributed by atoms with Crippen molar-refractivity contribution in [3.8, 4) is 0 Å². The van der Waals surface area contributed by atoms with Crippen LogP contribution in [0.2, 0.25) is 0 Å². The van der Waals surface area contributed by atoms with Gasteiger partial charge < -0.3 is 0 Å². The van der Waals surface area contributed by atoms with Gasteiger partial charge in [0.25, 0.3) is 0 Å². The topological polar surface area (TPSA) is 24.4 Å². The zero-order valence-corrected chi connectivity index (χ0v) is 11.1. The van der Waals surface area contributed by atoms with Crippen LogP contribution >= 0.6 is 0 Å². The highest BCUT2D eigenvalue weighted by Crippen LogP contribution is 2.06. The van der Waals surface area contributed by atoms with Crippen molar-refractivity contribution in [2.45, 2.75) is 13.3 Å². The molecule has 0 spiro atoms. The molecule has 0 fully saturated rings. The second-order valence-corrected chi connectivity index (χ2v) is 4.18. The zero-order valence-electron chi connectivity index (χ0n) is 11.1. The predicted molar refractivity (Wildman–Crippen MR) is 83.3 cm³/mol. The van der Waals surface area contributed by atoms with Crippen LogP contribution in [-0.2, 0) is 0 Å². The lowest BCUT2D eigenvalue weighted by Crippen LogP contribution is -1.97. The number of para-hydroxylation sites is 1. The number of benzene rings is 2. The molecule has 0 aliphatic rings. The minimum absolute atomic E-state index is 0.892. The second kappa shape index (κ2) is 7.17. The van der Waals surface area contributed by atoms with Gasteiger partial charge >= 0.3 is 0 Å². The number of anilines is 1. The van der Waals surface area contributed by atoms with Gasteiger partial charge in [0.1, 0.15) is 0 Å². The third kappa shape index (κ3) is 4.43. The molecule has 0 atom stereocenters. The molecular formula is C17H18N2. The Kier molecular flexibility index (Phi) is 4.94. The molecule has 2 nitrogen and oxygen atoms in total. The standard InChI is InChI=1S/C17H18N2/c1-2-16(14-13-15-9-5-3-6-10-15)18-19-17-11-7-4-8-12-17/h3-14,19H,2H2,1H3/b14-13+,18-16-. The molecule has 1 N–H and O–H groups in total. The molecule has 0 aromatic heterocycles. The maximum absolute atomic E-state index is 4.41. The largest absolute Gasteiger partial charge is 0.278 e. The number of rotatable bonds is 5. The van der Waals surface area contributed by atoms with Crippen LogP contribution in [0.5, 0.6) is 0 Å². The first kappa shape index (κ1) is 13.1. The number of hydrazone groups is 1. The first-order chi connectivity index (χ1) is 9.38. The molecule has 2 rings (SSSR count). The zero-order chi connectivity index (χ0) is 13.3. The van der Waals surface area contributed by atoms with Crippen LogP contribution < -0.4 is 5.43 Å². The molecular weight excluding hydrogens is 232 g/mol. The number of nitrogens with zero attached hydrogens (tertiary/aromatic N) is 1. The van der Waals surface area contributed by atoms with Crippen LogP contribution in [0.15, 0.2) is 71.8 Å². The van der Waals surface area contributed by atoms with Crippen molar-refractivity contribution >= 4 is 17.5 Å². The number of nitrogens with one attached hydrogen (secondary N) is 1. The lowest BCUT2D eigenvalue weighted by atomic mass is 10.2. The SMILES string of the molecule is CCC(/C=C/c1ccccc1)=N/Nc1ccccc1. The quantitative estimate of drug-likeness (QED) is 0.609. The smallest absolute Gasteiger partial charge is 0.0604 e. The van der Waals surface area contributed by atoms with E-state index in [0.29, 0.717) is 0 Å². The van der Waals surface area contributed by atoms with E-state index >= 15 is 0 Å². The molecule has 2 heteroatoms. The van der Waals surface area contributed by atoms with Crippen molar-refractivity contribution in [2.24, 2.45) is 5.10 Å². The third-order valence-corrected chi connectivity index (χ3v) is 2.73. The number of hydrogen-bond acceptors (Lipinski definition) is 2. The van der Waals surface area contributed by atoms with E-state index in [1.165, 1.54) is 5.56 Å². The molecule has 0 heterocycles. The van der Waals surface area contributed by atoms with E-state index in [-0.39, 0.29) is 0 Å². The van der Waals surface area contributed by atoms with Crippen molar-refractivity contribution in [1.82, 2.24) is 0 Å². The van der Waals surface area contributed by atoms with Crippen LogP contribution in [0.3, 0.4) is 0 Å². The molecule has 0 saturated carbocycles. The Morgan fingerprint density at radius 3 is 2.26 bits per heavy atom. The fourth-order valence-electron chi connectivity index (χ4n) is 1.64. The summed E-state index contributed by atoms with van der Waals surface area (Å²) in [6.45, 7) is 2.10. The molecule has 0 aliphatic carbocycles. The summed E-state index contributed by atoms with van der Waals surface area (Å²) in [5, 5.41) is 4.41. The van der Waals surface area contributed by atoms with Gasteiger partial charge in [0.15, 0.2) is 0 Å². The third-order valence-electron chi connectivity index (χ3n) is 2.73. The lowest BCUT2D eigenvalue weighted by Gasteiger charge is -2.01. The van der Waals surface area contributed by atoms with E-state index in [1.54, 1.807) is 0 Å². The Hall–Kier alpha value is -2.35. The predicted octanol–water partition coefficient (Wildman–Crippen LogP) is 4.58. The number of allylic oxidation sites excluding steroid dienone is 1. The van der Waals surface area contributed by atoms with Gasteiger partial charge in [-0.05, 0) is 30.2 Å². The highest BCUT2D eigenvalue weighted by atomic mass is 15.3. The van der Waals surface area contributed by atoms with Crippen LogP contribution in [0.4, 0.5) is 5.69 Å². The average molecular weight is 250 g/mol. The van der Waals surface area contributed by atoms with Crippen molar-refractivity contribution in [3.63, 3.8) is 0 Å². The van der Waals surface area contributed by atoms with Gasteiger partial charge in [0.05, 0.1) is 11.4 Å². The summed E-state index contributed by atoms with van der Waals surface area (Å²) in [5.41, 5.74) is 6.27. The summed E-state index contributed by atoms with van der Waals surface area (Å²) in [5.74, 6) is 0. The lowest BCUT2D eigenvalue weighted by molar-refractivity contribution is 1.23. The van der Waals surface area contributed by atoms with Crippen molar-refractivity contribution in [2.75, 3.05) is 5.43 Å². The Bertz CT molecular complexity index is 542. The van der Waals surface area contributed by atoms with E-state index in [4.69, 9.17) is 0 Å². The summed E-state index contributed by atoms with van der Waals surface area (Å²) in [6, 6.07) is 20.2. The summed E-state index contributed by atoms with van der Waals surface area (Å²) >= 11 is 0. The van der Waals surface area contributed by atoms with Gasteiger partial charge in [-0.1, -0.05) is 61.5 Å². The summed E-state index contributed by atoms with van der Waals surface area (Å²) in [6.07, 6.45) is 5.02. The Morgan fingerprint density at radius 1 is 1.00 bits per heavy atom. The van der Waals surface area contributed by atoms with Crippen molar-refractivity contribution in [3.05, 3.63) is 72.3 Å². The van der Waals surface area contributed by atoms with E-state index in [1.807, 2.05) is 54.6 Å². The number of hydrogen-bond donors (Lipinski definition) is 1. The normalized spacial score (nSPS) is 11.7. The maximum Gasteiger partial charge on any atom is 0.0604 e. The molecule has 0 unspecified atom stereocenters. The molecule has 0 bridgehead atoms. The maximum atomic E-state index is 4.41. The van der Waals surface area contributed by atoms with Crippen molar-refractivity contribution < 1.29 is 0 Å². The van der Waals surface area contributed by atoms with Crippen molar-refractivity contribution in [1.29, 1.82) is 0 Å². The monoisotopic (exact) mass is 250 g/mol. The molecule has 0 amide bonds. The van der Waals surface area contributed by atoms with Gasteiger partial charge in [-0.15, -0.1) is 0 Å². The van der Waals surface area contributed by atoms with Crippen LogP contribution in [-0.4, -0.2) is 5.71 Å². The van der Waals surface area contributed by atoms with Crippen LogP contribution in [0.25, 0.3) is 6.08 Å². The minimum Gasteiger partial charge on any atom is -0.278 e. The van der Waals surface area contributed by atoms with E-state index < -0.39 is 0 Å². The molecule has 0 saturated heterocycles. The molecule has 19 heavy (non-hydrogen) atoms. The first-order valence-electron chi connectivity index (χ1n) is 6.49. The van der Waals surface area contributed by atoms with Gasteiger partial charge in [-0.2, -0.15) is 5.10 Å². The van der Waals surface area contributed by atoms with Gasteiger partial charge in [0, 0.05) is 0 Å². The Labute approximate surface area is 114 Å². The molecule has 96 valence electrons. The van der Waals surface area contributed by atoms with Gasteiger partial charge in [-0.25, -0.2) is 0 Å². The van der Waals surface area contributed by atoms with Gasteiger partial charge in [0.2, 0.25) is 0 Å². The summed E-state index contributed by atoms with van der Waals surface area (Å²) in [4.78, 5) is 0.